The van der Waals surface area contributed by atoms with E-state index in [2.05, 4.69) is 10.3 Å². The molecule has 1 fully saturated rings. The lowest BCUT2D eigenvalue weighted by molar-refractivity contribution is -0.131. The Bertz CT molecular complexity index is 639. The smallest absolute Gasteiger partial charge is 0.227 e. The third-order valence-electron chi connectivity index (χ3n) is 4.19. The Morgan fingerprint density at radius 1 is 1.48 bits per heavy atom. The summed E-state index contributed by atoms with van der Waals surface area (Å²) in [6.45, 7) is 4.54. The van der Waals surface area contributed by atoms with E-state index < -0.39 is 0 Å². The highest BCUT2D eigenvalue weighted by Crippen LogP contribution is 2.32. The average molecular weight is 288 g/mol. The number of hydrogen-bond donors (Lipinski definition) is 0. The number of rotatable bonds is 3. The third-order valence-corrected chi connectivity index (χ3v) is 4.19. The summed E-state index contributed by atoms with van der Waals surface area (Å²) in [5.41, 5.74) is 2.83. The number of carbonyl (C=O) groups is 1. The number of carbonyl (C=O) groups excluding carboxylic acids is 1. The van der Waals surface area contributed by atoms with Crippen molar-refractivity contribution in [2.75, 3.05) is 6.54 Å². The molecule has 2 aromatic rings. The van der Waals surface area contributed by atoms with Crippen LogP contribution in [0.1, 0.15) is 41.5 Å². The molecule has 112 valence electrons. The van der Waals surface area contributed by atoms with Crippen LogP contribution in [0, 0.1) is 13.8 Å². The van der Waals surface area contributed by atoms with Gasteiger partial charge in [0, 0.05) is 30.9 Å². The maximum absolute atomic E-state index is 12.6. The van der Waals surface area contributed by atoms with Gasteiger partial charge in [-0.05, 0) is 26.7 Å². The van der Waals surface area contributed by atoms with Crippen LogP contribution in [-0.2, 0) is 18.3 Å². The molecule has 0 aromatic carbocycles. The summed E-state index contributed by atoms with van der Waals surface area (Å²) < 4.78 is 6.92. The summed E-state index contributed by atoms with van der Waals surface area (Å²) in [5.74, 6) is 0.869. The summed E-state index contributed by atoms with van der Waals surface area (Å²) in [5, 5.41) is 8.13. The zero-order valence-electron chi connectivity index (χ0n) is 12.7. The fourth-order valence-electron chi connectivity index (χ4n) is 3.03. The van der Waals surface area contributed by atoms with Crippen LogP contribution in [0.25, 0.3) is 0 Å². The van der Waals surface area contributed by atoms with Crippen LogP contribution in [0.5, 0.6) is 0 Å². The molecule has 21 heavy (non-hydrogen) atoms. The first-order chi connectivity index (χ1) is 10.1. The molecule has 0 bridgehead atoms. The lowest BCUT2D eigenvalue weighted by Crippen LogP contribution is -2.31. The van der Waals surface area contributed by atoms with Crippen LogP contribution in [0.15, 0.2) is 16.9 Å². The van der Waals surface area contributed by atoms with Crippen LogP contribution in [0.3, 0.4) is 0 Å². The molecule has 1 atom stereocenters. The zero-order chi connectivity index (χ0) is 15.0. The first kappa shape index (κ1) is 13.9. The van der Waals surface area contributed by atoms with Crippen molar-refractivity contribution >= 4 is 5.91 Å². The summed E-state index contributed by atoms with van der Waals surface area (Å²) in [7, 11) is 1.90. The SMILES string of the molecule is Cc1noc(C)c1CC(=O)N1CCC[C@H]1c1cnn(C)c1. The Morgan fingerprint density at radius 2 is 2.29 bits per heavy atom. The summed E-state index contributed by atoms with van der Waals surface area (Å²) >= 11 is 0. The Balaban J connectivity index is 1.77. The number of likely N-dealkylation sites (tertiary alicyclic amines) is 1. The molecule has 1 saturated heterocycles. The molecule has 3 rings (SSSR count). The van der Waals surface area contributed by atoms with E-state index in [4.69, 9.17) is 4.52 Å². The monoisotopic (exact) mass is 288 g/mol. The second-order valence-corrected chi connectivity index (χ2v) is 5.67. The molecule has 6 heteroatoms. The standard InChI is InChI=1S/C15H20N4O2/c1-10-13(11(2)21-17-10)7-15(20)19-6-4-5-14(19)12-8-16-18(3)9-12/h8-9,14H,4-7H2,1-3H3/t14-/m0/s1. The summed E-state index contributed by atoms with van der Waals surface area (Å²) in [6.07, 6.45) is 6.24. The van der Waals surface area contributed by atoms with Crippen molar-refractivity contribution in [3.05, 3.63) is 35.0 Å². The molecule has 0 unspecified atom stereocenters. The maximum atomic E-state index is 12.6. The quantitative estimate of drug-likeness (QED) is 0.865. The topological polar surface area (TPSA) is 64.2 Å². The van der Waals surface area contributed by atoms with Gasteiger partial charge in [-0.1, -0.05) is 5.16 Å². The molecule has 3 heterocycles. The minimum absolute atomic E-state index is 0.135. The molecular formula is C15H20N4O2. The molecule has 1 aliphatic rings. The summed E-state index contributed by atoms with van der Waals surface area (Å²) in [4.78, 5) is 14.6. The number of hydrogen-bond acceptors (Lipinski definition) is 4. The van der Waals surface area contributed by atoms with Gasteiger partial charge in [-0.25, -0.2) is 0 Å². The number of aryl methyl sites for hydroxylation is 3. The van der Waals surface area contributed by atoms with Crippen molar-refractivity contribution in [1.82, 2.24) is 19.8 Å². The van der Waals surface area contributed by atoms with E-state index in [1.54, 1.807) is 4.68 Å². The maximum Gasteiger partial charge on any atom is 0.227 e. The molecule has 6 nitrogen and oxygen atoms in total. The molecule has 1 amide bonds. The number of nitrogens with zero attached hydrogens (tertiary/aromatic N) is 4. The number of amides is 1. The first-order valence-electron chi connectivity index (χ1n) is 7.26. The van der Waals surface area contributed by atoms with E-state index in [0.29, 0.717) is 6.42 Å². The second-order valence-electron chi connectivity index (χ2n) is 5.67. The summed E-state index contributed by atoms with van der Waals surface area (Å²) in [6, 6.07) is 0.145. The van der Waals surface area contributed by atoms with Gasteiger partial charge in [0.15, 0.2) is 0 Å². The van der Waals surface area contributed by atoms with Crippen LogP contribution in [0.4, 0.5) is 0 Å². The second kappa shape index (κ2) is 5.35. The normalized spacial score (nSPS) is 18.4. The van der Waals surface area contributed by atoms with Gasteiger partial charge in [0.05, 0.1) is 24.4 Å². The van der Waals surface area contributed by atoms with Gasteiger partial charge in [0.2, 0.25) is 5.91 Å². The average Bonchev–Trinajstić information content (AvgIpc) is 3.14. The van der Waals surface area contributed by atoms with Crippen molar-refractivity contribution in [2.24, 2.45) is 7.05 Å². The predicted octanol–water partition coefficient (Wildman–Crippen LogP) is 1.93. The first-order valence-corrected chi connectivity index (χ1v) is 7.26. The van der Waals surface area contributed by atoms with Gasteiger partial charge in [-0.15, -0.1) is 0 Å². The fourth-order valence-corrected chi connectivity index (χ4v) is 3.03. The van der Waals surface area contributed by atoms with E-state index in [0.717, 1.165) is 42.0 Å². The van der Waals surface area contributed by atoms with Gasteiger partial charge in [-0.3, -0.25) is 9.48 Å². The molecule has 0 spiro atoms. The predicted molar refractivity (Wildman–Crippen MR) is 76.6 cm³/mol. The Kier molecular flexibility index (Phi) is 3.53. The largest absolute Gasteiger partial charge is 0.361 e. The van der Waals surface area contributed by atoms with Gasteiger partial charge < -0.3 is 9.42 Å². The van der Waals surface area contributed by atoms with Crippen LogP contribution in [0.2, 0.25) is 0 Å². The van der Waals surface area contributed by atoms with Gasteiger partial charge in [0.25, 0.3) is 0 Å². The molecule has 0 N–H and O–H groups in total. The zero-order valence-corrected chi connectivity index (χ0v) is 12.7. The molecule has 0 radical (unpaired) electrons. The van der Waals surface area contributed by atoms with Crippen molar-refractivity contribution < 1.29 is 9.32 Å². The van der Waals surface area contributed by atoms with E-state index in [-0.39, 0.29) is 11.9 Å². The fraction of sp³-hybridized carbons (Fsp3) is 0.533. The van der Waals surface area contributed by atoms with E-state index in [9.17, 15) is 4.79 Å². The Hall–Kier alpha value is -2.11. The van der Waals surface area contributed by atoms with Crippen LogP contribution >= 0.6 is 0 Å². The minimum atomic E-state index is 0.135. The van der Waals surface area contributed by atoms with Crippen molar-refractivity contribution in [2.45, 2.75) is 39.2 Å². The highest BCUT2D eigenvalue weighted by atomic mass is 16.5. The van der Waals surface area contributed by atoms with Gasteiger partial charge in [0.1, 0.15) is 5.76 Å². The molecule has 1 aliphatic heterocycles. The third kappa shape index (κ3) is 2.57. The lowest BCUT2D eigenvalue weighted by atomic mass is 10.1. The highest BCUT2D eigenvalue weighted by molar-refractivity contribution is 5.80. The lowest BCUT2D eigenvalue weighted by Gasteiger charge is -2.24. The van der Waals surface area contributed by atoms with E-state index in [1.807, 2.05) is 38.2 Å². The van der Waals surface area contributed by atoms with Gasteiger partial charge in [-0.2, -0.15) is 5.10 Å². The van der Waals surface area contributed by atoms with E-state index >= 15 is 0 Å². The molecule has 0 aliphatic carbocycles. The molecular weight excluding hydrogens is 268 g/mol. The van der Waals surface area contributed by atoms with E-state index in [1.165, 1.54) is 0 Å². The van der Waals surface area contributed by atoms with Crippen molar-refractivity contribution in [3.63, 3.8) is 0 Å². The van der Waals surface area contributed by atoms with Crippen molar-refractivity contribution in [1.29, 1.82) is 0 Å². The highest BCUT2D eigenvalue weighted by Gasteiger charge is 2.31. The van der Waals surface area contributed by atoms with Crippen molar-refractivity contribution in [3.8, 4) is 0 Å². The van der Waals surface area contributed by atoms with Crippen LogP contribution < -0.4 is 0 Å². The number of aromatic nitrogens is 3. The van der Waals surface area contributed by atoms with Crippen LogP contribution in [-0.4, -0.2) is 32.3 Å². The molecule has 0 saturated carbocycles. The molecule has 2 aromatic heterocycles. The minimum Gasteiger partial charge on any atom is -0.361 e. The van der Waals surface area contributed by atoms with Gasteiger partial charge >= 0.3 is 0 Å². The Morgan fingerprint density at radius 3 is 2.90 bits per heavy atom. The Labute approximate surface area is 123 Å².